The number of nitro groups is 1. The second-order valence-electron chi connectivity index (χ2n) is 5.19. The molecular weight excluding hydrogens is 304 g/mol. The number of nitrogens with one attached hydrogen (secondary N) is 1. The summed E-state index contributed by atoms with van der Waals surface area (Å²) in [5, 5.41) is 13.2. The van der Waals surface area contributed by atoms with E-state index in [0.717, 1.165) is 0 Å². The fourth-order valence-electron chi connectivity index (χ4n) is 2.23. The molecule has 1 saturated heterocycles. The molecule has 0 saturated carbocycles. The Labute approximate surface area is 133 Å². The van der Waals surface area contributed by atoms with Crippen LogP contribution in [0.3, 0.4) is 0 Å². The molecular formula is C14H18N4O5. The number of piperazine rings is 1. The predicted octanol–water partition coefficient (Wildman–Crippen LogP) is 0.316. The number of hydrogen-bond acceptors (Lipinski definition) is 6. The molecule has 0 aromatic heterocycles. The van der Waals surface area contributed by atoms with Crippen molar-refractivity contribution >= 4 is 23.2 Å². The Kier molecular flexibility index (Phi) is 5.12. The Bertz CT molecular complexity index is 626. The number of methoxy groups -OCH3 is 1. The van der Waals surface area contributed by atoms with E-state index in [1.807, 2.05) is 7.05 Å². The molecule has 1 fully saturated rings. The summed E-state index contributed by atoms with van der Waals surface area (Å²) in [6.45, 7) is 2.39. The third-order valence-corrected chi connectivity index (χ3v) is 3.63. The number of rotatable bonds is 3. The van der Waals surface area contributed by atoms with E-state index in [1.165, 1.54) is 30.2 Å². The van der Waals surface area contributed by atoms with Crippen molar-refractivity contribution in [2.75, 3.05) is 45.7 Å². The van der Waals surface area contributed by atoms with Gasteiger partial charge in [0.25, 0.3) is 5.69 Å². The second kappa shape index (κ2) is 7.05. The number of anilines is 1. The smallest absolute Gasteiger partial charge is 0.314 e. The van der Waals surface area contributed by atoms with E-state index in [-0.39, 0.29) is 17.1 Å². The van der Waals surface area contributed by atoms with Gasteiger partial charge in [0.15, 0.2) is 0 Å². The first kappa shape index (κ1) is 16.7. The maximum absolute atomic E-state index is 12.1. The van der Waals surface area contributed by atoms with Crippen molar-refractivity contribution in [3.05, 3.63) is 28.3 Å². The van der Waals surface area contributed by atoms with Crippen LogP contribution in [-0.2, 0) is 9.59 Å². The number of benzene rings is 1. The Morgan fingerprint density at radius 1 is 1.26 bits per heavy atom. The van der Waals surface area contributed by atoms with E-state index < -0.39 is 16.7 Å². The van der Waals surface area contributed by atoms with E-state index in [0.29, 0.717) is 26.2 Å². The lowest BCUT2D eigenvalue weighted by Crippen LogP contribution is -2.50. The highest BCUT2D eigenvalue weighted by Gasteiger charge is 2.25. The molecule has 0 bridgehead atoms. The number of carbonyl (C=O) groups excluding carboxylic acids is 2. The largest absolute Gasteiger partial charge is 0.494 e. The third-order valence-electron chi connectivity index (χ3n) is 3.63. The van der Waals surface area contributed by atoms with Crippen LogP contribution in [0.4, 0.5) is 11.4 Å². The van der Waals surface area contributed by atoms with Crippen LogP contribution in [0.2, 0.25) is 0 Å². The second-order valence-corrected chi connectivity index (χ2v) is 5.19. The maximum atomic E-state index is 12.1. The van der Waals surface area contributed by atoms with Crippen molar-refractivity contribution < 1.29 is 19.2 Å². The SMILES string of the molecule is COc1cc([N+](=O)[O-])ccc1NC(=O)C(=O)N1CCN(C)CC1. The van der Waals surface area contributed by atoms with Gasteiger partial charge in [-0.2, -0.15) is 0 Å². The molecule has 0 spiro atoms. The van der Waals surface area contributed by atoms with Gasteiger partial charge in [0.2, 0.25) is 0 Å². The standard InChI is InChI=1S/C14H18N4O5/c1-16-5-7-17(8-6-16)14(20)13(19)15-11-4-3-10(18(21)22)9-12(11)23-2/h3-4,9H,5-8H2,1-2H3,(H,15,19). The Balaban J connectivity index is 2.07. The molecule has 0 aliphatic carbocycles. The molecule has 1 aromatic rings. The summed E-state index contributed by atoms with van der Waals surface area (Å²) < 4.78 is 5.03. The number of amides is 2. The minimum absolute atomic E-state index is 0.124. The van der Waals surface area contributed by atoms with Gasteiger partial charge in [-0.25, -0.2) is 0 Å². The molecule has 2 rings (SSSR count). The highest BCUT2D eigenvalue weighted by atomic mass is 16.6. The average molecular weight is 322 g/mol. The quantitative estimate of drug-likeness (QED) is 0.488. The van der Waals surface area contributed by atoms with Crippen LogP contribution in [-0.4, -0.2) is 66.9 Å². The van der Waals surface area contributed by atoms with E-state index in [2.05, 4.69) is 10.2 Å². The summed E-state index contributed by atoms with van der Waals surface area (Å²) in [5.41, 5.74) is 0.0517. The average Bonchev–Trinajstić information content (AvgIpc) is 2.55. The van der Waals surface area contributed by atoms with E-state index in [4.69, 9.17) is 4.74 Å². The van der Waals surface area contributed by atoms with Gasteiger partial charge in [-0.1, -0.05) is 0 Å². The minimum Gasteiger partial charge on any atom is -0.494 e. The van der Waals surface area contributed by atoms with Crippen LogP contribution in [0.1, 0.15) is 0 Å². The van der Waals surface area contributed by atoms with Crippen LogP contribution >= 0.6 is 0 Å². The summed E-state index contributed by atoms with van der Waals surface area (Å²) in [5.74, 6) is -1.29. The van der Waals surface area contributed by atoms with E-state index in [1.54, 1.807) is 0 Å². The van der Waals surface area contributed by atoms with Crippen molar-refractivity contribution in [3.8, 4) is 5.75 Å². The van der Waals surface area contributed by atoms with Gasteiger partial charge in [0.05, 0.1) is 23.8 Å². The summed E-state index contributed by atoms with van der Waals surface area (Å²) in [6.07, 6.45) is 0. The lowest BCUT2D eigenvalue weighted by atomic mass is 10.2. The van der Waals surface area contributed by atoms with Crippen LogP contribution in [0.25, 0.3) is 0 Å². The fourth-order valence-corrected chi connectivity index (χ4v) is 2.23. The van der Waals surface area contributed by atoms with Crippen molar-refractivity contribution in [1.82, 2.24) is 9.80 Å². The monoisotopic (exact) mass is 322 g/mol. The molecule has 0 unspecified atom stereocenters. The Morgan fingerprint density at radius 3 is 2.48 bits per heavy atom. The normalized spacial score (nSPS) is 15.1. The predicted molar refractivity (Wildman–Crippen MR) is 82.4 cm³/mol. The molecule has 0 radical (unpaired) electrons. The fraction of sp³-hybridized carbons (Fsp3) is 0.429. The highest BCUT2D eigenvalue weighted by Crippen LogP contribution is 2.28. The number of nitro benzene ring substituents is 1. The number of likely N-dealkylation sites (N-methyl/N-ethyl adjacent to an activating group) is 1. The van der Waals surface area contributed by atoms with E-state index in [9.17, 15) is 19.7 Å². The van der Waals surface area contributed by atoms with Crippen LogP contribution in [0.5, 0.6) is 5.75 Å². The molecule has 1 aromatic carbocycles. The minimum atomic E-state index is -0.790. The highest BCUT2D eigenvalue weighted by molar-refractivity contribution is 6.39. The molecule has 23 heavy (non-hydrogen) atoms. The Morgan fingerprint density at radius 2 is 1.91 bits per heavy atom. The zero-order valence-electron chi connectivity index (χ0n) is 12.9. The summed E-state index contributed by atoms with van der Waals surface area (Å²) in [4.78, 5) is 37.9. The molecule has 9 heteroatoms. The number of ether oxygens (including phenoxy) is 1. The number of nitrogens with zero attached hydrogens (tertiary/aromatic N) is 3. The first-order chi connectivity index (χ1) is 10.9. The summed E-state index contributed by atoms with van der Waals surface area (Å²) in [7, 11) is 3.28. The van der Waals surface area contributed by atoms with Crippen molar-refractivity contribution in [1.29, 1.82) is 0 Å². The van der Waals surface area contributed by atoms with Gasteiger partial charge in [0, 0.05) is 32.2 Å². The van der Waals surface area contributed by atoms with Crippen molar-refractivity contribution in [2.45, 2.75) is 0 Å². The molecule has 9 nitrogen and oxygen atoms in total. The van der Waals surface area contributed by atoms with Gasteiger partial charge in [-0.15, -0.1) is 0 Å². The van der Waals surface area contributed by atoms with Crippen molar-refractivity contribution in [3.63, 3.8) is 0 Å². The molecule has 124 valence electrons. The van der Waals surface area contributed by atoms with E-state index >= 15 is 0 Å². The zero-order chi connectivity index (χ0) is 17.0. The molecule has 1 aliphatic heterocycles. The first-order valence-corrected chi connectivity index (χ1v) is 7.03. The number of non-ortho nitro benzene ring substituents is 1. The molecule has 1 N–H and O–H groups in total. The lowest BCUT2D eigenvalue weighted by Gasteiger charge is -2.31. The van der Waals surface area contributed by atoms with Gasteiger partial charge in [-0.05, 0) is 13.1 Å². The van der Waals surface area contributed by atoms with Gasteiger partial charge in [0.1, 0.15) is 5.75 Å². The lowest BCUT2D eigenvalue weighted by molar-refractivity contribution is -0.384. The van der Waals surface area contributed by atoms with Gasteiger partial charge in [-0.3, -0.25) is 19.7 Å². The van der Waals surface area contributed by atoms with Crippen molar-refractivity contribution in [2.24, 2.45) is 0 Å². The maximum Gasteiger partial charge on any atom is 0.314 e. The summed E-state index contributed by atoms with van der Waals surface area (Å²) in [6, 6.07) is 3.76. The molecule has 1 heterocycles. The van der Waals surface area contributed by atoms with Gasteiger partial charge >= 0.3 is 11.8 Å². The zero-order valence-corrected chi connectivity index (χ0v) is 12.9. The third kappa shape index (κ3) is 3.95. The first-order valence-electron chi connectivity index (χ1n) is 7.03. The summed E-state index contributed by atoms with van der Waals surface area (Å²) >= 11 is 0. The topological polar surface area (TPSA) is 105 Å². The van der Waals surface area contributed by atoms with Crippen LogP contribution < -0.4 is 10.1 Å². The molecule has 0 atom stereocenters. The van der Waals surface area contributed by atoms with Crippen LogP contribution in [0.15, 0.2) is 18.2 Å². The van der Waals surface area contributed by atoms with Gasteiger partial charge < -0.3 is 19.9 Å². The Hall–Kier alpha value is -2.68. The van der Waals surface area contributed by atoms with Crippen LogP contribution in [0, 0.1) is 10.1 Å². The molecule has 1 aliphatic rings. The molecule has 2 amide bonds. The number of hydrogen-bond donors (Lipinski definition) is 1. The number of carbonyl (C=O) groups is 2.